The maximum absolute atomic E-state index is 12.5. The van der Waals surface area contributed by atoms with Gasteiger partial charge in [0.2, 0.25) is 11.8 Å². The fourth-order valence-electron chi connectivity index (χ4n) is 3.13. The number of carbonyl (C=O) groups excluding carboxylic acids is 4. The predicted molar refractivity (Wildman–Crippen MR) is 120 cm³/mol. The molecule has 0 aromatic heterocycles. The number of ether oxygens (including phenoxy) is 2. The van der Waals surface area contributed by atoms with Crippen LogP contribution < -0.4 is 9.64 Å². The van der Waals surface area contributed by atoms with E-state index in [1.54, 1.807) is 24.3 Å². The van der Waals surface area contributed by atoms with Gasteiger partial charge in [-0.25, -0.2) is 9.69 Å². The van der Waals surface area contributed by atoms with Crippen LogP contribution in [-0.4, -0.2) is 58.9 Å². The Kier molecular flexibility index (Phi) is 7.83. The fraction of sp³-hybridized carbons (Fsp3) is 0.261. The van der Waals surface area contributed by atoms with Gasteiger partial charge in [0.15, 0.2) is 12.4 Å². The molecular formula is C23H21NO8S. The zero-order chi connectivity index (χ0) is 24.0. The Balaban J connectivity index is 1.57. The van der Waals surface area contributed by atoms with Crippen molar-refractivity contribution in [1.29, 1.82) is 0 Å². The fourth-order valence-corrected chi connectivity index (χ4v) is 3.98. The van der Waals surface area contributed by atoms with E-state index in [1.807, 2.05) is 6.92 Å². The molecule has 0 spiro atoms. The molecule has 1 heterocycles. The minimum atomic E-state index is -1.07. The number of amides is 2. The third kappa shape index (κ3) is 5.98. The number of ketones is 1. The summed E-state index contributed by atoms with van der Waals surface area (Å²) < 4.78 is 10.4. The van der Waals surface area contributed by atoms with Gasteiger partial charge in [-0.15, -0.1) is 11.8 Å². The Hall–Kier alpha value is -3.66. The van der Waals surface area contributed by atoms with Crippen LogP contribution in [0, 0.1) is 0 Å². The Morgan fingerprint density at radius 1 is 1.03 bits per heavy atom. The lowest BCUT2D eigenvalue weighted by Gasteiger charge is -2.15. The van der Waals surface area contributed by atoms with E-state index in [-0.39, 0.29) is 29.2 Å². The lowest BCUT2D eigenvalue weighted by molar-refractivity contribution is -0.134. The molecule has 33 heavy (non-hydrogen) atoms. The molecule has 0 aliphatic carbocycles. The van der Waals surface area contributed by atoms with Crippen LogP contribution in [0.3, 0.4) is 0 Å². The highest BCUT2D eigenvalue weighted by Crippen LogP contribution is 2.29. The molecule has 1 saturated heterocycles. The smallest absolute Gasteiger partial charge is 0.338 e. The van der Waals surface area contributed by atoms with Gasteiger partial charge in [0, 0.05) is 12.0 Å². The summed E-state index contributed by atoms with van der Waals surface area (Å²) in [5.74, 6) is -2.76. The van der Waals surface area contributed by atoms with Crippen molar-refractivity contribution in [2.45, 2.75) is 18.6 Å². The Bertz CT molecular complexity index is 1060. The standard InChI is InChI=1S/C23H21NO8S/c1-2-31-17-9-5-14(6-10-17)18(25)12-32-23(30)15-3-7-16(8-4-15)24-20(26)11-19(22(24)29)33-13-21(27)28/h3-10,19H,2,11-13H2,1H3,(H,27,28). The number of anilines is 1. The zero-order valence-electron chi connectivity index (χ0n) is 17.7. The second-order valence-electron chi connectivity index (χ2n) is 6.97. The number of carboxylic acids is 1. The average molecular weight is 471 g/mol. The summed E-state index contributed by atoms with van der Waals surface area (Å²) in [6.45, 7) is 1.92. The summed E-state index contributed by atoms with van der Waals surface area (Å²) in [6, 6.07) is 12.1. The van der Waals surface area contributed by atoms with E-state index < -0.39 is 35.6 Å². The molecule has 0 radical (unpaired) electrons. The van der Waals surface area contributed by atoms with Crippen LogP contribution in [0.5, 0.6) is 5.75 Å². The normalized spacial score (nSPS) is 15.4. The number of benzene rings is 2. The third-order valence-corrected chi connectivity index (χ3v) is 5.88. The van der Waals surface area contributed by atoms with Gasteiger partial charge in [0.25, 0.3) is 0 Å². The number of thioether (sulfide) groups is 1. The molecule has 1 aliphatic rings. The van der Waals surface area contributed by atoms with E-state index in [4.69, 9.17) is 14.6 Å². The van der Waals surface area contributed by atoms with Crippen molar-refractivity contribution in [2.24, 2.45) is 0 Å². The molecule has 1 N–H and O–H groups in total. The largest absolute Gasteiger partial charge is 0.494 e. The average Bonchev–Trinajstić information content (AvgIpc) is 3.09. The molecule has 0 saturated carbocycles. The number of esters is 1. The maximum Gasteiger partial charge on any atom is 0.338 e. The van der Waals surface area contributed by atoms with E-state index in [9.17, 15) is 24.0 Å². The third-order valence-electron chi connectivity index (χ3n) is 4.70. The summed E-state index contributed by atoms with van der Waals surface area (Å²) in [4.78, 5) is 60.9. The molecule has 2 aromatic carbocycles. The molecule has 0 bridgehead atoms. The molecule has 1 fully saturated rings. The first-order valence-corrected chi connectivity index (χ1v) is 11.1. The SMILES string of the molecule is CCOc1ccc(C(=O)COC(=O)c2ccc(N3C(=O)CC(SCC(=O)O)C3=O)cc2)cc1. The molecule has 2 aromatic rings. The van der Waals surface area contributed by atoms with E-state index in [1.165, 1.54) is 24.3 Å². The summed E-state index contributed by atoms with van der Waals surface area (Å²) in [6.07, 6.45) is -0.0891. The van der Waals surface area contributed by atoms with Crippen LogP contribution in [0.1, 0.15) is 34.1 Å². The molecule has 1 atom stereocenters. The number of imide groups is 1. The van der Waals surface area contributed by atoms with Crippen LogP contribution in [0.2, 0.25) is 0 Å². The van der Waals surface area contributed by atoms with Crippen LogP contribution >= 0.6 is 11.8 Å². The molecule has 1 unspecified atom stereocenters. The molecule has 9 nitrogen and oxygen atoms in total. The number of rotatable bonds is 10. The first kappa shape index (κ1) is 24.0. The number of carboxylic acid groups (broad SMARTS) is 1. The van der Waals surface area contributed by atoms with Gasteiger partial charge >= 0.3 is 11.9 Å². The maximum atomic E-state index is 12.5. The Morgan fingerprint density at radius 3 is 2.27 bits per heavy atom. The minimum Gasteiger partial charge on any atom is -0.494 e. The highest BCUT2D eigenvalue weighted by atomic mass is 32.2. The van der Waals surface area contributed by atoms with Crippen molar-refractivity contribution in [3.8, 4) is 5.75 Å². The number of carbonyl (C=O) groups is 5. The predicted octanol–water partition coefficient (Wildman–Crippen LogP) is 2.57. The van der Waals surface area contributed by atoms with Crippen LogP contribution in [0.15, 0.2) is 48.5 Å². The lowest BCUT2D eigenvalue weighted by atomic mass is 10.1. The number of hydrogen-bond acceptors (Lipinski definition) is 8. The minimum absolute atomic E-state index is 0.0891. The number of aliphatic carboxylic acids is 1. The van der Waals surface area contributed by atoms with Crippen molar-refractivity contribution in [1.82, 2.24) is 0 Å². The monoisotopic (exact) mass is 471 g/mol. The molecule has 10 heteroatoms. The summed E-state index contributed by atoms with van der Waals surface area (Å²) in [7, 11) is 0. The topological polar surface area (TPSA) is 127 Å². The summed E-state index contributed by atoms with van der Waals surface area (Å²) in [5.41, 5.74) is 0.794. The Labute approximate surface area is 193 Å². The van der Waals surface area contributed by atoms with Gasteiger partial charge in [-0.3, -0.25) is 19.2 Å². The quantitative estimate of drug-likeness (QED) is 0.316. The lowest BCUT2D eigenvalue weighted by Crippen LogP contribution is -2.31. The number of nitrogens with zero attached hydrogens (tertiary/aromatic N) is 1. The van der Waals surface area contributed by atoms with Crippen LogP contribution in [0.4, 0.5) is 5.69 Å². The van der Waals surface area contributed by atoms with E-state index in [2.05, 4.69) is 0 Å². The first-order valence-electron chi connectivity index (χ1n) is 10.0. The first-order chi connectivity index (χ1) is 15.8. The van der Waals surface area contributed by atoms with Gasteiger partial charge in [-0.05, 0) is 55.5 Å². The highest BCUT2D eigenvalue weighted by molar-refractivity contribution is 8.01. The van der Waals surface area contributed by atoms with Crippen molar-refractivity contribution in [3.05, 3.63) is 59.7 Å². The molecule has 172 valence electrons. The van der Waals surface area contributed by atoms with Gasteiger partial charge in [0.05, 0.1) is 28.9 Å². The van der Waals surface area contributed by atoms with Crippen molar-refractivity contribution >= 4 is 47.0 Å². The van der Waals surface area contributed by atoms with Crippen LogP contribution in [-0.2, 0) is 19.1 Å². The van der Waals surface area contributed by atoms with E-state index in [0.29, 0.717) is 17.9 Å². The number of hydrogen-bond donors (Lipinski definition) is 1. The summed E-state index contributed by atoms with van der Waals surface area (Å²) >= 11 is 0.896. The van der Waals surface area contributed by atoms with Gasteiger partial charge in [-0.2, -0.15) is 0 Å². The number of Topliss-reactive ketones (excluding diaryl/α,β-unsaturated/α-hetero) is 1. The van der Waals surface area contributed by atoms with Crippen molar-refractivity contribution in [2.75, 3.05) is 23.9 Å². The zero-order valence-corrected chi connectivity index (χ0v) is 18.5. The summed E-state index contributed by atoms with van der Waals surface area (Å²) in [5, 5.41) is 8.01. The molecule has 1 aliphatic heterocycles. The van der Waals surface area contributed by atoms with Crippen LogP contribution in [0.25, 0.3) is 0 Å². The molecule has 2 amide bonds. The van der Waals surface area contributed by atoms with Crippen molar-refractivity contribution in [3.63, 3.8) is 0 Å². The molecular weight excluding hydrogens is 450 g/mol. The van der Waals surface area contributed by atoms with E-state index >= 15 is 0 Å². The van der Waals surface area contributed by atoms with Gasteiger partial charge in [-0.1, -0.05) is 0 Å². The Morgan fingerprint density at radius 2 is 1.67 bits per heavy atom. The second kappa shape index (κ2) is 10.8. The van der Waals surface area contributed by atoms with E-state index in [0.717, 1.165) is 16.7 Å². The highest BCUT2D eigenvalue weighted by Gasteiger charge is 2.40. The van der Waals surface area contributed by atoms with Crippen molar-refractivity contribution < 1.29 is 38.6 Å². The molecule has 3 rings (SSSR count). The van der Waals surface area contributed by atoms with Gasteiger partial charge in [0.1, 0.15) is 5.75 Å². The van der Waals surface area contributed by atoms with Gasteiger partial charge < -0.3 is 14.6 Å². The second-order valence-corrected chi connectivity index (χ2v) is 8.16.